The van der Waals surface area contributed by atoms with Crippen LogP contribution in [0.5, 0.6) is 0 Å². The highest BCUT2D eigenvalue weighted by Crippen LogP contribution is 2.44. The first kappa shape index (κ1) is 11.7. The maximum absolute atomic E-state index is 6.16. The lowest BCUT2D eigenvalue weighted by molar-refractivity contribution is 0.253. The third kappa shape index (κ3) is 1.90. The first-order chi connectivity index (χ1) is 7.57. The van der Waals surface area contributed by atoms with Gasteiger partial charge in [-0.15, -0.1) is 0 Å². The van der Waals surface area contributed by atoms with Crippen LogP contribution in [-0.4, -0.2) is 6.54 Å². The minimum atomic E-state index is 0.176. The molecule has 0 unspecified atom stereocenters. The van der Waals surface area contributed by atoms with Crippen molar-refractivity contribution >= 4 is 17.2 Å². The third-order valence-electron chi connectivity index (χ3n) is 3.70. The molecule has 2 heteroatoms. The summed E-state index contributed by atoms with van der Waals surface area (Å²) in [6.07, 6.45) is 3.63. The Morgan fingerprint density at radius 3 is 2.56 bits per heavy atom. The summed E-state index contributed by atoms with van der Waals surface area (Å²) in [6, 6.07) is 6.22. The summed E-state index contributed by atoms with van der Waals surface area (Å²) in [5, 5.41) is 0.787. The van der Waals surface area contributed by atoms with Crippen molar-refractivity contribution in [3.63, 3.8) is 0 Å². The zero-order valence-corrected chi connectivity index (χ0v) is 10.5. The average Bonchev–Trinajstić information content (AvgIpc) is 2.16. The molecule has 0 radical (unpaired) electrons. The van der Waals surface area contributed by atoms with Gasteiger partial charge in [-0.25, -0.2) is 0 Å². The Morgan fingerprint density at radius 1 is 1.44 bits per heavy atom. The topological polar surface area (TPSA) is 26.0 Å². The van der Waals surface area contributed by atoms with Gasteiger partial charge in [0.05, 0.1) is 0 Å². The number of hydrogen-bond donors (Lipinski definition) is 1. The summed E-state index contributed by atoms with van der Waals surface area (Å²) >= 11 is 6.16. The second-order valence-corrected chi connectivity index (χ2v) is 5.28. The van der Waals surface area contributed by atoms with Crippen molar-refractivity contribution in [2.24, 2.45) is 5.73 Å². The molecule has 0 aromatic heterocycles. The van der Waals surface area contributed by atoms with Crippen LogP contribution in [0.3, 0.4) is 0 Å². The molecule has 1 aromatic carbocycles. The lowest BCUT2D eigenvalue weighted by Crippen LogP contribution is -2.41. The third-order valence-corrected chi connectivity index (χ3v) is 3.92. The van der Waals surface area contributed by atoms with Crippen LogP contribution in [0.1, 0.15) is 37.3 Å². The van der Waals surface area contributed by atoms with Gasteiger partial charge in [0.2, 0.25) is 0 Å². The van der Waals surface area contributed by atoms with E-state index in [9.17, 15) is 0 Å². The van der Waals surface area contributed by atoms with E-state index >= 15 is 0 Å². The smallest absolute Gasteiger partial charge is 0.0415 e. The van der Waals surface area contributed by atoms with Crippen LogP contribution < -0.4 is 5.73 Å². The van der Waals surface area contributed by atoms with Gasteiger partial charge < -0.3 is 5.73 Å². The van der Waals surface area contributed by atoms with Gasteiger partial charge in [-0.05, 0) is 43.0 Å². The fraction of sp³-hybridized carbons (Fsp3) is 0.429. The molecule has 2 N–H and O–H groups in total. The summed E-state index contributed by atoms with van der Waals surface area (Å²) in [6.45, 7) is 6.69. The van der Waals surface area contributed by atoms with Crippen molar-refractivity contribution in [3.8, 4) is 0 Å². The maximum Gasteiger partial charge on any atom is 0.0415 e. The maximum atomic E-state index is 6.16. The fourth-order valence-corrected chi connectivity index (χ4v) is 2.59. The first-order valence-electron chi connectivity index (χ1n) is 5.74. The first-order valence-corrected chi connectivity index (χ1v) is 6.12. The summed E-state index contributed by atoms with van der Waals surface area (Å²) < 4.78 is 0. The van der Waals surface area contributed by atoms with Gasteiger partial charge in [0.1, 0.15) is 0 Å². The molecule has 0 bridgehead atoms. The summed E-state index contributed by atoms with van der Waals surface area (Å²) in [4.78, 5) is 0. The molecule has 0 saturated heterocycles. The van der Waals surface area contributed by atoms with Gasteiger partial charge in [0.25, 0.3) is 0 Å². The van der Waals surface area contributed by atoms with Crippen molar-refractivity contribution in [2.75, 3.05) is 6.54 Å². The van der Waals surface area contributed by atoms with Crippen LogP contribution in [-0.2, 0) is 5.41 Å². The fourth-order valence-electron chi connectivity index (χ4n) is 2.36. The Labute approximate surface area is 102 Å². The normalized spacial score (nSPS) is 17.9. The molecule has 0 atom stereocenters. The monoisotopic (exact) mass is 235 g/mol. The molecular formula is C14H18ClN. The Kier molecular flexibility index (Phi) is 3.09. The van der Waals surface area contributed by atoms with Crippen molar-refractivity contribution in [3.05, 3.63) is 40.9 Å². The summed E-state index contributed by atoms with van der Waals surface area (Å²) in [5.41, 5.74) is 9.55. The van der Waals surface area contributed by atoms with Gasteiger partial charge >= 0.3 is 0 Å². The molecule has 1 aliphatic carbocycles. The Morgan fingerprint density at radius 2 is 2.12 bits per heavy atom. The Bertz CT molecular complexity index is 413. The highest BCUT2D eigenvalue weighted by Gasteiger charge is 2.37. The summed E-state index contributed by atoms with van der Waals surface area (Å²) in [5.74, 6) is 0. The van der Waals surface area contributed by atoms with E-state index in [0.29, 0.717) is 6.54 Å². The van der Waals surface area contributed by atoms with Gasteiger partial charge in [-0.2, -0.15) is 0 Å². The molecule has 0 spiro atoms. The van der Waals surface area contributed by atoms with Crippen LogP contribution in [0.15, 0.2) is 24.8 Å². The second-order valence-electron chi connectivity index (χ2n) is 4.85. The molecule has 0 aliphatic heterocycles. The largest absolute Gasteiger partial charge is 0.330 e. The Hall–Kier alpha value is -0.790. The van der Waals surface area contributed by atoms with E-state index in [0.717, 1.165) is 16.2 Å². The molecule has 0 amide bonds. The minimum absolute atomic E-state index is 0.176. The van der Waals surface area contributed by atoms with Crippen molar-refractivity contribution < 1.29 is 0 Å². The van der Waals surface area contributed by atoms with Crippen molar-refractivity contribution in [2.45, 2.75) is 31.6 Å². The predicted molar refractivity (Wildman–Crippen MR) is 70.7 cm³/mol. The number of allylic oxidation sites excluding steroid dienone is 1. The molecule has 1 fully saturated rings. The minimum Gasteiger partial charge on any atom is -0.330 e. The van der Waals surface area contributed by atoms with Gasteiger partial charge in [-0.1, -0.05) is 36.2 Å². The highest BCUT2D eigenvalue weighted by molar-refractivity contribution is 6.30. The highest BCUT2D eigenvalue weighted by atomic mass is 35.5. The van der Waals surface area contributed by atoms with E-state index in [1.54, 1.807) is 0 Å². The van der Waals surface area contributed by atoms with Crippen LogP contribution in [0.4, 0.5) is 0 Å². The quantitative estimate of drug-likeness (QED) is 0.849. The van der Waals surface area contributed by atoms with E-state index in [-0.39, 0.29) is 5.41 Å². The van der Waals surface area contributed by atoms with E-state index in [4.69, 9.17) is 17.3 Å². The van der Waals surface area contributed by atoms with Crippen LogP contribution in [0.2, 0.25) is 5.02 Å². The van der Waals surface area contributed by atoms with Crippen molar-refractivity contribution in [1.29, 1.82) is 0 Å². The number of rotatable bonds is 3. The number of halogens is 1. The standard InChI is InChI=1S/C14H18ClN/c1-10(2)11-6-12(8-13(15)7-11)14(9-16)4-3-5-14/h6-8H,1,3-5,9,16H2,2H3. The zero-order valence-electron chi connectivity index (χ0n) is 9.72. The number of benzene rings is 1. The van der Waals surface area contributed by atoms with E-state index in [1.165, 1.54) is 24.8 Å². The lowest BCUT2D eigenvalue weighted by Gasteiger charge is -2.41. The van der Waals surface area contributed by atoms with Crippen LogP contribution in [0.25, 0.3) is 5.57 Å². The van der Waals surface area contributed by atoms with Crippen LogP contribution in [0, 0.1) is 0 Å². The SMILES string of the molecule is C=C(C)c1cc(Cl)cc(C2(CN)CCC2)c1. The molecule has 1 nitrogen and oxygen atoms in total. The zero-order chi connectivity index (χ0) is 11.8. The average molecular weight is 236 g/mol. The van der Waals surface area contributed by atoms with Crippen LogP contribution >= 0.6 is 11.6 Å². The van der Waals surface area contributed by atoms with Gasteiger partial charge in [-0.3, -0.25) is 0 Å². The molecule has 1 aliphatic rings. The summed E-state index contributed by atoms with van der Waals surface area (Å²) in [7, 11) is 0. The molecule has 86 valence electrons. The molecule has 16 heavy (non-hydrogen) atoms. The second kappa shape index (κ2) is 4.23. The van der Waals surface area contributed by atoms with Gasteiger partial charge in [0, 0.05) is 17.0 Å². The predicted octanol–water partition coefficient (Wildman–Crippen LogP) is 3.75. The molecule has 0 heterocycles. The molecule has 1 saturated carbocycles. The number of hydrogen-bond acceptors (Lipinski definition) is 1. The van der Waals surface area contributed by atoms with Crippen molar-refractivity contribution in [1.82, 2.24) is 0 Å². The van der Waals surface area contributed by atoms with Gasteiger partial charge in [0.15, 0.2) is 0 Å². The molecule has 2 rings (SSSR count). The van der Waals surface area contributed by atoms with E-state index in [1.807, 2.05) is 13.0 Å². The van der Waals surface area contributed by atoms with E-state index in [2.05, 4.69) is 18.7 Å². The lowest BCUT2D eigenvalue weighted by atomic mass is 9.64. The van der Waals surface area contributed by atoms with E-state index < -0.39 is 0 Å². The molecule has 1 aromatic rings. The Balaban J connectivity index is 2.44. The molecular weight excluding hydrogens is 218 g/mol. The number of nitrogens with two attached hydrogens (primary N) is 1.